The highest BCUT2D eigenvalue weighted by molar-refractivity contribution is 4.90. The highest BCUT2D eigenvalue weighted by Crippen LogP contribution is 2.28. The predicted molar refractivity (Wildman–Crippen MR) is 73.1 cm³/mol. The van der Waals surface area contributed by atoms with Crippen LogP contribution in [0.2, 0.25) is 0 Å². The molecule has 1 fully saturated rings. The van der Waals surface area contributed by atoms with E-state index in [1.165, 1.54) is 25.7 Å². The molecule has 3 heteroatoms. The van der Waals surface area contributed by atoms with Crippen LogP contribution in [-0.2, 0) is 4.74 Å². The molecule has 0 aromatic carbocycles. The first-order valence-electron chi connectivity index (χ1n) is 7.10. The largest absolute Gasteiger partial charge is 0.383 e. The molecule has 1 aliphatic rings. The highest BCUT2D eigenvalue weighted by Gasteiger charge is 2.32. The van der Waals surface area contributed by atoms with Crippen LogP contribution in [0.15, 0.2) is 0 Å². The lowest BCUT2D eigenvalue weighted by Gasteiger charge is -2.43. The molecule has 4 atom stereocenters. The fraction of sp³-hybridized carbons (Fsp3) is 1.00. The molecule has 1 saturated carbocycles. The van der Waals surface area contributed by atoms with Gasteiger partial charge in [-0.1, -0.05) is 13.8 Å². The Morgan fingerprint density at radius 1 is 1.41 bits per heavy atom. The molecule has 17 heavy (non-hydrogen) atoms. The van der Waals surface area contributed by atoms with E-state index in [1.54, 1.807) is 7.11 Å². The fourth-order valence-electron chi connectivity index (χ4n) is 2.90. The van der Waals surface area contributed by atoms with Gasteiger partial charge in [0.25, 0.3) is 0 Å². The molecule has 2 N–H and O–H groups in total. The Balaban J connectivity index is 2.65. The van der Waals surface area contributed by atoms with Crippen molar-refractivity contribution >= 4 is 0 Å². The van der Waals surface area contributed by atoms with Crippen LogP contribution >= 0.6 is 0 Å². The summed E-state index contributed by atoms with van der Waals surface area (Å²) in [5.74, 6) is 0.814. The second-order valence-electron chi connectivity index (χ2n) is 5.64. The van der Waals surface area contributed by atoms with Crippen LogP contribution in [0.4, 0.5) is 0 Å². The van der Waals surface area contributed by atoms with Crippen molar-refractivity contribution in [1.29, 1.82) is 0 Å². The molecule has 0 amide bonds. The first-order valence-corrected chi connectivity index (χ1v) is 7.10. The van der Waals surface area contributed by atoms with Gasteiger partial charge in [0.1, 0.15) is 0 Å². The van der Waals surface area contributed by atoms with Crippen LogP contribution < -0.4 is 5.73 Å². The maximum atomic E-state index is 6.32. The molecule has 102 valence electrons. The molecule has 0 aromatic heterocycles. The van der Waals surface area contributed by atoms with Gasteiger partial charge in [0.2, 0.25) is 0 Å². The van der Waals surface area contributed by atoms with Gasteiger partial charge in [-0.15, -0.1) is 0 Å². The van der Waals surface area contributed by atoms with Gasteiger partial charge in [0.05, 0.1) is 6.61 Å². The third-order valence-corrected chi connectivity index (χ3v) is 4.27. The Kier molecular flexibility index (Phi) is 6.45. The van der Waals surface area contributed by atoms with Crippen LogP contribution in [0.1, 0.15) is 46.5 Å². The molecule has 0 heterocycles. The second-order valence-corrected chi connectivity index (χ2v) is 5.64. The Morgan fingerprint density at radius 3 is 2.71 bits per heavy atom. The second kappa shape index (κ2) is 7.34. The summed E-state index contributed by atoms with van der Waals surface area (Å²) in [6.07, 6.45) is 4.89. The van der Waals surface area contributed by atoms with Crippen molar-refractivity contribution in [3.63, 3.8) is 0 Å². The Morgan fingerprint density at radius 2 is 2.12 bits per heavy atom. The topological polar surface area (TPSA) is 38.5 Å². The zero-order chi connectivity index (χ0) is 12.8. The molecule has 0 spiro atoms. The number of methoxy groups -OCH3 is 1. The molecular weight excluding hydrogens is 212 g/mol. The fourth-order valence-corrected chi connectivity index (χ4v) is 2.90. The van der Waals surface area contributed by atoms with Crippen LogP contribution in [0.25, 0.3) is 0 Å². The normalized spacial score (nSPS) is 31.8. The summed E-state index contributed by atoms with van der Waals surface area (Å²) < 4.78 is 5.24. The molecule has 3 nitrogen and oxygen atoms in total. The smallest absolute Gasteiger partial charge is 0.0589 e. The molecule has 0 aliphatic heterocycles. The van der Waals surface area contributed by atoms with Gasteiger partial charge < -0.3 is 10.5 Å². The van der Waals surface area contributed by atoms with E-state index in [0.717, 1.165) is 19.1 Å². The lowest BCUT2D eigenvalue weighted by Crippen LogP contribution is -2.54. The summed E-state index contributed by atoms with van der Waals surface area (Å²) in [7, 11) is 1.78. The molecular formula is C14H30N2O. The highest BCUT2D eigenvalue weighted by atomic mass is 16.5. The zero-order valence-corrected chi connectivity index (χ0v) is 12.0. The number of rotatable bonds is 6. The Bertz CT molecular complexity index is 210. The molecule has 1 aliphatic carbocycles. The summed E-state index contributed by atoms with van der Waals surface area (Å²) in [4.78, 5) is 2.57. The van der Waals surface area contributed by atoms with E-state index >= 15 is 0 Å². The lowest BCUT2D eigenvalue weighted by molar-refractivity contribution is 0.0510. The van der Waals surface area contributed by atoms with Crippen molar-refractivity contribution in [2.75, 3.05) is 20.3 Å². The summed E-state index contributed by atoms with van der Waals surface area (Å²) in [6, 6.07) is 1.49. The Hall–Kier alpha value is -0.120. The van der Waals surface area contributed by atoms with Crippen LogP contribution in [0.5, 0.6) is 0 Å². The minimum Gasteiger partial charge on any atom is -0.383 e. The minimum absolute atomic E-state index is 0.344. The van der Waals surface area contributed by atoms with Gasteiger partial charge in [-0.25, -0.2) is 0 Å². The summed E-state index contributed by atoms with van der Waals surface area (Å²) >= 11 is 0. The zero-order valence-electron chi connectivity index (χ0n) is 12.0. The van der Waals surface area contributed by atoms with Crippen molar-refractivity contribution in [3.05, 3.63) is 0 Å². The lowest BCUT2D eigenvalue weighted by atomic mass is 9.82. The van der Waals surface area contributed by atoms with Gasteiger partial charge in [-0.3, -0.25) is 4.90 Å². The molecule has 0 aromatic rings. The van der Waals surface area contributed by atoms with Crippen LogP contribution in [0.3, 0.4) is 0 Å². The molecule has 0 bridgehead atoms. The predicted octanol–water partition coefficient (Wildman–Crippen LogP) is 2.25. The quantitative estimate of drug-likeness (QED) is 0.776. The molecule has 0 radical (unpaired) electrons. The van der Waals surface area contributed by atoms with E-state index in [0.29, 0.717) is 18.1 Å². The van der Waals surface area contributed by atoms with E-state index in [-0.39, 0.29) is 0 Å². The SMILES string of the molecule is CCC(C)N(CCOC)C1CC(C)CCC1N. The van der Waals surface area contributed by atoms with Gasteiger partial charge in [-0.05, 0) is 38.5 Å². The number of nitrogens with two attached hydrogens (primary N) is 1. The number of nitrogens with zero attached hydrogens (tertiary/aromatic N) is 1. The summed E-state index contributed by atoms with van der Waals surface area (Å²) in [6.45, 7) is 8.73. The van der Waals surface area contributed by atoms with Gasteiger partial charge in [-0.2, -0.15) is 0 Å². The molecule has 0 saturated heterocycles. The van der Waals surface area contributed by atoms with E-state index in [1.807, 2.05) is 0 Å². The summed E-state index contributed by atoms with van der Waals surface area (Å²) in [5.41, 5.74) is 6.32. The van der Waals surface area contributed by atoms with Crippen molar-refractivity contribution in [1.82, 2.24) is 4.90 Å². The first-order chi connectivity index (χ1) is 8.10. The first kappa shape index (κ1) is 14.9. The van der Waals surface area contributed by atoms with Crippen molar-refractivity contribution < 1.29 is 4.74 Å². The van der Waals surface area contributed by atoms with Crippen LogP contribution in [0, 0.1) is 5.92 Å². The number of hydrogen-bond acceptors (Lipinski definition) is 3. The minimum atomic E-state index is 0.344. The van der Waals surface area contributed by atoms with Crippen LogP contribution in [-0.4, -0.2) is 43.3 Å². The number of hydrogen-bond donors (Lipinski definition) is 1. The third kappa shape index (κ3) is 4.23. The standard InChI is InChI=1S/C14H30N2O/c1-5-12(3)16(8-9-17-4)14-10-11(2)6-7-13(14)15/h11-14H,5-10,15H2,1-4H3. The summed E-state index contributed by atoms with van der Waals surface area (Å²) in [5, 5.41) is 0. The van der Waals surface area contributed by atoms with E-state index in [9.17, 15) is 0 Å². The maximum Gasteiger partial charge on any atom is 0.0589 e. The van der Waals surface area contributed by atoms with Crippen molar-refractivity contribution in [3.8, 4) is 0 Å². The average Bonchev–Trinajstić information content (AvgIpc) is 2.33. The van der Waals surface area contributed by atoms with E-state index < -0.39 is 0 Å². The van der Waals surface area contributed by atoms with Crippen molar-refractivity contribution in [2.45, 2.75) is 64.6 Å². The molecule has 1 rings (SSSR count). The Labute approximate surface area is 107 Å². The van der Waals surface area contributed by atoms with E-state index in [2.05, 4.69) is 25.7 Å². The van der Waals surface area contributed by atoms with E-state index in [4.69, 9.17) is 10.5 Å². The van der Waals surface area contributed by atoms with Crippen molar-refractivity contribution in [2.24, 2.45) is 11.7 Å². The van der Waals surface area contributed by atoms with Gasteiger partial charge >= 0.3 is 0 Å². The average molecular weight is 242 g/mol. The number of ether oxygens (including phenoxy) is 1. The third-order valence-electron chi connectivity index (χ3n) is 4.27. The molecule has 4 unspecified atom stereocenters. The van der Waals surface area contributed by atoms with Gasteiger partial charge in [0, 0.05) is 31.8 Å². The van der Waals surface area contributed by atoms with Gasteiger partial charge in [0.15, 0.2) is 0 Å². The monoisotopic (exact) mass is 242 g/mol. The maximum absolute atomic E-state index is 6.32.